The van der Waals surface area contributed by atoms with Gasteiger partial charge in [0.25, 0.3) is 0 Å². The lowest BCUT2D eigenvalue weighted by molar-refractivity contribution is 0.870. The van der Waals surface area contributed by atoms with Crippen LogP contribution in [0.4, 0.5) is 0 Å². The van der Waals surface area contributed by atoms with E-state index in [0.717, 1.165) is 16.7 Å². The van der Waals surface area contributed by atoms with Gasteiger partial charge in [-0.1, -0.05) is 6.07 Å². The number of nitriles is 1. The number of aromatic nitrogens is 2. The Kier molecular flexibility index (Phi) is 3.62. The summed E-state index contributed by atoms with van der Waals surface area (Å²) >= 11 is 0. The number of aryl methyl sites for hydroxylation is 2. The molecule has 0 aliphatic carbocycles. The van der Waals surface area contributed by atoms with Gasteiger partial charge in [0.2, 0.25) is 0 Å². The summed E-state index contributed by atoms with van der Waals surface area (Å²) in [6.07, 6.45) is 3.36. The average molecular weight is 251 g/mol. The van der Waals surface area contributed by atoms with Crippen molar-refractivity contribution in [2.45, 2.75) is 33.6 Å². The molecule has 0 aliphatic rings. The molecule has 0 bridgehead atoms. The van der Waals surface area contributed by atoms with Crippen LogP contribution in [-0.4, -0.2) is 9.97 Å². The molecule has 0 amide bonds. The smallest absolute Gasteiger partial charge is 0.149 e. The molecule has 1 heterocycles. The molecule has 0 saturated carbocycles. The first-order valence-corrected chi connectivity index (χ1v) is 6.30. The Morgan fingerprint density at radius 2 is 1.53 bits per heavy atom. The number of benzene rings is 1. The third-order valence-electron chi connectivity index (χ3n) is 3.69. The molecular formula is C16H17N3. The maximum atomic E-state index is 9.53. The van der Waals surface area contributed by atoms with Gasteiger partial charge in [0, 0.05) is 12.4 Å². The molecule has 0 radical (unpaired) electrons. The normalized spacial score (nSPS) is 11.9. The molecule has 0 N–H and O–H groups in total. The molecule has 3 nitrogen and oxygen atoms in total. The summed E-state index contributed by atoms with van der Waals surface area (Å²) < 4.78 is 0. The van der Waals surface area contributed by atoms with Crippen LogP contribution in [0.25, 0.3) is 0 Å². The summed E-state index contributed by atoms with van der Waals surface area (Å²) in [6, 6.07) is 6.27. The highest BCUT2D eigenvalue weighted by Gasteiger charge is 2.22. The first kappa shape index (κ1) is 13.2. The SMILES string of the molecule is Cc1cc(C)c(C)c(C(C#N)c2ncccn2)c1C. The minimum atomic E-state index is -0.403. The number of nitrogens with zero attached hydrogens (tertiary/aromatic N) is 3. The second-order valence-electron chi connectivity index (χ2n) is 4.84. The lowest BCUT2D eigenvalue weighted by Gasteiger charge is -2.18. The molecule has 1 atom stereocenters. The van der Waals surface area contributed by atoms with E-state index in [1.807, 2.05) is 0 Å². The van der Waals surface area contributed by atoms with E-state index < -0.39 is 5.92 Å². The van der Waals surface area contributed by atoms with E-state index in [1.165, 1.54) is 11.1 Å². The lowest BCUT2D eigenvalue weighted by atomic mass is 9.86. The second-order valence-corrected chi connectivity index (χ2v) is 4.84. The zero-order valence-corrected chi connectivity index (χ0v) is 11.7. The highest BCUT2D eigenvalue weighted by molar-refractivity contribution is 5.49. The predicted molar refractivity (Wildman–Crippen MR) is 74.9 cm³/mol. The fourth-order valence-electron chi connectivity index (χ4n) is 2.39. The van der Waals surface area contributed by atoms with Crippen molar-refractivity contribution in [3.05, 3.63) is 58.2 Å². The van der Waals surface area contributed by atoms with Crippen molar-refractivity contribution >= 4 is 0 Å². The Bertz CT molecular complexity index is 613. The molecule has 1 unspecified atom stereocenters. The van der Waals surface area contributed by atoms with Crippen LogP contribution in [0.2, 0.25) is 0 Å². The van der Waals surface area contributed by atoms with Gasteiger partial charge in [-0.2, -0.15) is 5.26 Å². The van der Waals surface area contributed by atoms with Crippen LogP contribution in [-0.2, 0) is 0 Å². The van der Waals surface area contributed by atoms with Gasteiger partial charge in [0.05, 0.1) is 6.07 Å². The second kappa shape index (κ2) is 5.19. The number of rotatable bonds is 2. The zero-order chi connectivity index (χ0) is 14.0. The fraction of sp³-hybridized carbons (Fsp3) is 0.312. The van der Waals surface area contributed by atoms with Gasteiger partial charge < -0.3 is 0 Å². The Hall–Kier alpha value is -2.21. The molecule has 19 heavy (non-hydrogen) atoms. The Labute approximate surface area is 114 Å². The minimum Gasteiger partial charge on any atom is -0.240 e. The summed E-state index contributed by atoms with van der Waals surface area (Å²) in [4.78, 5) is 8.47. The van der Waals surface area contributed by atoms with Crippen LogP contribution in [0.5, 0.6) is 0 Å². The number of hydrogen-bond acceptors (Lipinski definition) is 3. The molecule has 0 fully saturated rings. The van der Waals surface area contributed by atoms with Crippen LogP contribution in [0.3, 0.4) is 0 Å². The van der Waals surface area contributed by atoms with Crippen molar-refractivity contribution in [3.8, 4) is 6.07 Å². The molecule has 0 saturated heterocycles. The van der Waals surface area contributed by atoms with Crippen molar-refractivity contribution in [3.63, 3.8) is 0 Å². The van der Waals surface area contributed by atoms with Crippen molar-refractivity contribution in [1.82, 2.24) is 9.97 Å². The third kappa shape index (κ3) is 2.34. The molecule has 0 aliphatic heterocycles. The zero-order valence-electron chi connectivity index (χ0n) is 11.7. The van der Waals surface area contributed by atoms with Crippen molar-refractivity contribution in [2.24, 2.45) is 0 Å². The summed E-state index contributed by atoms with van der Waals surface area (Å²) in [5, 5.41) is 9.53. The topological polar surface area (TPSA) is 49.6 Å². The predicted octanol–water partition coefficient (Wildman–Crippen LogP) is 3.37. The molecule has 1 aromatic heterocycles. The van der Waals surface area contributed by atoms with Crippen LogP contribution in [0.1, 0.15) is 39.6 Å². The highest BCUT2D eigenvalue weighted by atomic mass is 14.9. The molecule has 96 valence electrons. The third-order valence-corrected chi connectivity index (χ3v) is 3.69. The van der Waals surface area contributed by atoms with Crippen molar-refractivity contribution in [2.75, 3.05) is 0 Å². The van der Waals surface area contributed by atoms with Gasteiger partial charge in [-0.05, 0) is 61.6 Å². The summed E-state index contributed by atoms with van der Waals surface area (Å²) in [7, 11) is 0. The highest BCUT2D eigenvalue weighted by Crippen LogP contribution is 2.31. The van der Waals surface area contributed by atoms with E-state index in [9.17, 15) is 5.26 Å². The first-order chi connectivity index (χ1) is 9.06. The van der Waals surface area contributed by atoms with E-state index in [2.05, 4.69) is 49.8 Å². The minimum absolute atomic E-state index is 0.403. The van der Waals surface area contributed by atoms with E-state index in [-0.39, 0.29) is 0 Å². The van der Waals surface area contributed by atoms with E-state index >= 15 is 0 Å². The average Bonchev–Trinajstić information content (AvgIpc) is 2.42. The molecule has 3 heteroatoms. The van der Waals surface area contributed by atoms with Crippen LogP contribution < -0.4 is 0 Å². The van der Waals surface area contributed by atoms with E-state index in [0.29, 0.717) is 5.82 Å². The molecule has 2 aromatic rings. The van der Waals surface area contributed by atoms with Crippen LogP contribution in [0, 0.1) is 39.0 Å². The molecule has 0 spiro atoms. The maximum Gasteiger partial charge on any atom is 0.149 e. The summed E-state index contributed by atoms with van der Waals surface area (Å²) in [5.74, 6) is 0.168. The van der Waals surface area contributed by atoms with Gasteiger partial charge in [-0.3, -0.25) is 0 Å². The van der Waals surface area contributed by atoms with Gasteiger partial charge >= 0.3 is 0 Å². The fourth-order valence-corrected chi connectivity index (χ4v) is 2.39. The summed E-state index contributed by atoms with van der Waals surface area (Å²) in [5.41, 5.74) is 5.76. The maximum absolute atomic E-state index is 9.53. The van der Waals surface area contributed by atoms with Gasteiger partial charge in [0.15, 0.2) is 0 Å². The van der Waals surface area contributed by atoms with Gasteiger partial charge in [-0.25, -0.2) is 9.97 Å². The van der Waals surface area contributed by atoms with Crippen LogP contribution >= 0.6 is 0 Å². The first-order valence-electron chi connectivity index (χ1n) is 6.30. The lowest BCUT2D eigenvalue weighted by Crippen LogP contribution is -2.09. The van der Waals surface area contributed by atoms with Gasteiger partial charge in [-0.15, -0.1) is 0 Å². The Morgan fingerprint density at radius 3 is 2.00 bits per heavy atom. The number of hydrogen-bond donors (Lipinski definition) is 0. The van der Waals surface area contributed by atoms with Crippen molar-refractivity contribution < 1.29 is 0 Å². The molecule has 1 aromatic carbocycles. The van der Waals surface area contributed by atoms with Gasteiger partial charge in [0.1, 0.15) is 11.7 Å². The summed E-state index contributed by atoms with van der Waals surface area (Å²) in [6.45, 7) is 8.27. The van der Waals surface area contributed by atoms with Crippen LogP contribution in [0.15, 0.2) is 24.5 Å². The largest absolute Gasteiger partial charge is 0.240 e. The van der Waals surface area contributed by atoms with E-state index in [4.69, 9.17) is 0 Å². The van der Waals surface area contributed by atoms with Crippen molar-refractivity contribution in [1.29, 1.82) is 5.26 Å². The molecule has 2 rings (SSSR count). The quantitative estimate of drug-likeness (QED) is 0.822. The monoisotopic (exact) mass is 251 g/mol. The Morgan fingerprint density at radius 1 is 1.00 bits per heavy atom. The van der Waals surface area contributed by atoms with E-state index in [1.54, 1.807) is 18.5 Å². The Balaban J connectivity index is 2.67. The standard InChI is InChI=1S/C16H17N3/c1-10-8-11(2)13(4)15(12(10)3)14(9-17)16-18-6-5-7-19-16/h5-8,14H,1-4H3. The molecular weight excluding hydrogens is 234 g/mol.